The highest BCUT2D eigenvalue weighted by molar-refractivity contribution is 9.10. The van der Waals surface area contributed by atoms with Gasteiger partial charge in [-0.25, -0.2) is 0 Å². The molecule has 0 aliphatic carbocycles. The fourth-order valence-corrected chi connectivity index (χ4v) is 2.20. The van der Waals surface area contributed by atoms with E-state index in [1.807, 2.05) is 18.2 Å². The summed E-state index contributed by atoms with van der Waals surface area (Å²) < 4.78 is 16.6. The van der Waals surface area contributed by atoms with Gasteiger partial charge in [-0.15, -0.1) is 0 Å². The van der Waals surface area contributed by atoms with E-state index in [1.54, 1.807) is 31.4 Å². The van der Waals surface area contributed by atoms with Gasteiger partial charge in [0, 0.05) is 6.07 Å². The predicted octanol–water partition coefficient (Wildman–Crippen LogP) is 3.48. The highest BCUT2D eigenvalue weighted by Crippen LogP contribution is 2.29. The quantitative estimate of drug-likeness (QED) is 0.851. The molecule has 0 aliphatic heterocycles. The molecule has 6 heteroatoms. The molecule has 0 saturated carbocycles. The second kappa shape index (κ2) is 7.70. The van der Waals surface area contributed by atoms with Crippen LogP contribution in [0.2, 0.25) is 0 Å². The zero-order chi connectivity index (χ0) is 15.9. The van der Waals surface area contributed by atoms with Crippen LogP contribution < -0.4 is 19.5 Å². The topological polar surface area (TPSA) is 56.8 Å². The number of halogens is 1. The summed E-state index contributed by atoms with van der Waals surface area (Å²) in [5.74, 6) is 1.50. The van der Waals surface area contributed by atoms with Crippen LogP contribution in [0, 0.1) is 0 Å². The van der Waals surface area contributed by atoms with E-state index in [9.17, 15) is 4.79 Å². The van der Waals surface area contributed by atoms with Crippen molar-refractivity contribution >= 4 is 27.5 Å². The van der Waals surface area contributed by atoms with Crippen molar-refractivity contribution in [2.24, 2.45) is 0 Å². The number of anilines is 1. The van der Waals surface area contributed by atoms with Crippen LogP contribution in [-0.2, 0) is 4.79 Å². The summed E-state index contributed by atoms with van der Waals surface area (Å²) in [5, 5.41) is 2.74. The molecule has 22 heavy (non-hydrogen) atoms. The van der Waals surface area contributed by atoms with Gasteiger partial charge < -0.3 is 19.5 Å². The van der Waals surface area contributed by atoms with E-state index in [4.69, 9.17) is 14.2 Å². The average Bonchev–Trinajstić information content (AvgIpc) is 2.54. The molecule has 0 aromatic heterocycles. The first-order chi connectivity index (χ1) is 10.6. The second-order valence-electron chi connectivity index (χ2n) is 4.33. The first-order valence-corrected chi connectivity index (χ1v) is 7.32. The van der Waals surface area contributed by atoms with Crippen molar-refractivity contribution in [1.82, 2.24) is 0 Å². The molecule has 1 amide bonds. The summed E-state index contributed by atoms with van der Waals surface area (Å²) >= 11 is 3.36. The van der Waals surface area contributed by atoms with Gasteiger partial charge in [-0.1, -0.05) is 12.1 Å². The summed E-state index contributed by atoms with van der Waals surface area (Å²) in [6.45, 7) is -0.108. The third-order valence-electron chi connectivity index (χ3n) is 2.88. The SMILES string of the molecule is COc1ccc(OC)c(NC(=O)COc2ccccc2Br)c1. The zero-order valence-corrected chi connectivity index (χ0v) is 13.8. The van der Waals surface area contributed by atoms with E-state index in [2.05, 4.69) is 21.2 Å². The van der Waals surface area contributed by atoms with Gasteiger partial charge in [-0.2, -0.15) is 0 Å². The Hall–Kier alpha value is -2.21. The van der Waals surface area contributed by atoms with Crippen LogP contribution in [0.3, 0.4) is 0 Å². The van der Waals surface area contributed by atoms with Crippen LogP contribution in [0.1, 0.15) is 0 Å². The first-order valence-electron chi connectivity index (χ1n) is 6.53. The van der Waals surface area contributed by atoms with Gasteiger partial charge in [0.25, 0.3) is 5.91 Å². The van der Waals surface area contributed by atoms with Crippen LogP contribution in [0.5, 0.6) is 17.2 Å². The lowest BCUT2D eigenvalue weighted by Crippen LogP contribution is -2.20. The van der Waals surface area contributed by atoms with Gasteiger partial charge in [0.15, 0.2) is 6.61 Å². The molecule has 116 valence electrons. The lowest BCUT2D eigenvalue weighted by molar-refractivity contribution is -0.118. The van der Waals surface area contributed by atoms with Crippen LogP contribution in [0.4, 0.5) is 5.69 Å². The Balaban J connectivity index is 2.01. The molecule has 0 fully saturated rings. The third kappa shape index (κ3) is 4.14. The van der Waals surface area contributed by atoms with Crippen LogP contribution in [-0.4, -0.2) is 26.7 Å². The Kier molecular flexibility index (Phi) is 5.66. The molecule has 0 spiro atoms. The molecule has 2 rings (SSSR count). The van der Waals surface area contributed by atoms with E-state index in [1.165, 1.54) is 7.11 Å². The molecule has 0 radical (unpaired) electrons. The first kappa shape index (κ1) is 16.2. The Morgan fingerprint density at radius 2 is 1.86 bits per heavy atom. The predicted molar refractivity (Wildman–Crippen MR) is 87.8 cm³/mol. The number of ether oxygens (including phenoxy) is 3. The van der Waals surface area contributed by atoms with Crippen LogP contribution in [0.15, 0.2) is 46.9 Å². The van der Waals surface area contributed by atoms with Crippen molar-refractivity contribution in [2.45, 2.75) is 0 Å². The standard InChI is InChI=1S/C16H16BrNO4/c1-20-11-7-8-15(21-2)13(9-11)18-16(19)10-22-14-6-4-3-5-12(14)17/h3-9H,10H2,1-2H3,(H,18,19). The lowest BCUT2D eigenvalue weighted by atomic mass is 10.2. The minimum Gasteiger partial charge on any atom is -0.497 e. The molecule has 0 bridgehead atoms. The molecular weight excluding hydrogens is 350 g/mol. The van der Waals surface area contributed by atoms with Gasteiger partial charge in [0.1, 0.15) is 17.2 Å². The number of nitrogens with one attached hydrogen (secondary N) is 1. The molecule has 1 N–H and O–H groups in total. The van der Waals surface area contributed by atoms with E-state index < -0.39 is 0 Å². The number of carbonyl (C=O) groups is 1. The highest BCUT2D eigenvalue weighted by Gasteiger charge is 2.10. The molecule has 0 unspecified atom stereocenters. The highest BCUT2D eigenvalue weighted by atomic mass is 79.9. The number of hydrogen-bond donors (Lipinski definition) is 1. The summed E-state index contributed by atoms with van der Waals surface area (Å²) in [4.78, 5) is 12.0. The smallest absolute Gasteiger partial charge is 0.262 e. The number of hydrogen-bond acceptors (Lipinski definition) is 4. The van der Waals surface area contributed by atoms with Gasteiger partial charge in [-0.05, 0) is 40.2 Å². The normalized spacial score (nSPS) is 9.95. The van der Waals surface area contributed by atoms with Gasteiger partial charge >= 0.3 is 0 Å². The number of benzene rings is 2. The fourth-order valence-electron chi connectivity index (χ4n) is 1.80. The lowest BCUT2D eigenvalue weighted by Gasteiger charge is -2.12. The van der Waals surface area contributed by atoms with Crippen molar-refractivity contribution in [3.05, 3.63) is 46.9 Å². The van der Waals surface area contributed by atoms with Crippen molar-refractivity contribution < 1.29 is 19.0 Å². The maximum Gasteiger partial charge on any atom is 0.262 e. The minimum absolute atomic E-state index is 0.108. The number of carbonyl (C=O) groups excluding carboxylic acids is 1. The van der Waals surface area contributed by atoms with Crippen molar-refractivity contribution in [3.63, 3.8) is 0 Å². The van der Waals surface area contributed by atoms with E-state index >= 15 is 0 Å². The summed E-state index contributed by atoms with van der Waals surface area (Å²) in [6.07, 6.45) is 0. The zero-order valence-electron chi connectivity index (χ0n) is 12.3. The number of methoxy groups -OCH3 is 2. The molecule has 0 saturated heterocycles. The molecule has 2 aromatic rings. The molecule has 0 atom stereocenters. The molecular formula is C16H16BrNO4. The summed E-state index contributed by atoms with van der Waals surface area (Å²) in [6, 6.07) is 12.5. The Morgan fingerprint density at radius 3 is 2.55 bits per heavy atom. The van der Waals surface area contributed by atoms with Crippen LogP contribution in [0.25, 0.3) is 0 Å². The van der Waals surface area contributed by atoms with Crippen molar-refractivity contribution in [3.8, 4) is 17.2 Å². The fraction of sp³-hybridized carbons (Fsp3) is 0.188. The van der Waals surface area contributed by atoms with Gasteiger partial charge in [0.2, 0.25) is 0 Å². The molecule has 0 heterocycles. The monoisotopic (exact) mass is 365 g/mol. The second-order valence-corrected chi connectivity index (χ2v) is 5.19. The molecule has 5 nitrogen and oxygen atoms in total. The number of rotatable bonds is 6. The Labute approximate surface area is 137 Å². The third-order valence-corrected chi connectivity index (χ3v) is 3.53. The molecule has 2 aromatic carbocycles. The Morgan fingerprint density at radius 1 is 1.09 bits per heavy atom. The molecule has 0 aliphatic rings. The number of para-hydroxylation sites is 1. The average molecular weight is 366 g/mol. The van der Waals surface area contributed by atoms with E-state index in [-0.39, 0.29) is 12.5 Å². The van der Waals surface area contributed by atoms with Crippen molar-refractivity contribution in [1.29, 1.82) is 0 Å². The van der Waals surface area contributed by atoms with Crippen molar-refractivity contribution in [2.75, 3.05) is 26.1 Å². The maximum absolute atomic E-state index is 12.0. The summed E-state index contributed by atoms with van der Waals surface area (Å²) in [5.41, 5.74) is 0.530. The Bertz CT molecular complexity index is 660. The number of amides is 1. The summed E-state index contributed by atoms with van der Waals surface area (Å²) in [7, 11) is 3.10. The largest absolute Gasteiger partial charge is 0.497 e. The van der Waals surface area contributed by atoms with E-state index in [0.717, 1.165) is 4.47 Å². The van der Waals surface area contributed by atoms with Gasteiger partial charge in [-0.3, -0.25) is 4.79 Å². The minimum atomic E-state index is -0.290. The van der Waals surface area contributed by atoms with Crippen LogP contribution >= 0.6 is 15.9 Å². The van der Waals surface area contributed by atoms with Gasteiger partial charge in [0.05, 0.1) is 24.4 Å². The van der Waals surface area contributed by atoms with E-state index in [0.29, 0.717) is 22.9 Å². The maximum atomic E-state index is 12.0.